The number of pyridine rings is 1. The molecule has 3 rings (SSSR count). The van der Waals surface area contributed by atoms with Gasteiger partial charge in [0.1, 0.15) is 0 Å². The Hall–Kier alpha value is -2.19. The highest BCUT2D eigenvalue weighted by Gasteiger charge is 2.10. The number of aryl methyl sites for hydroxylation is 1. The Labute approximate surface area is 125 Å². The molecule has 1 aromatic heterocycles. The second-order valence-corrected chi connectivity index (χ2v) is 5.32. The van der Waals surface area contributed by atoms with Crippen LogP contribution in [0.15, 0.2) is 66.9 Å². The lowest BCUT2D eigenvalue weighted by molar-refractivity contribution is 0.550. The molecule has 1 N–H and O–H groups in total. The van der Waals surface area contributed by atoms with Gasteiger partial charge >= 0.3 is 0 Å². The molecule has 0 fully saturated rings. The van der Waals surface area contributed by atoms with Crippen molar-refractivity contribution in [2.45, 2.75) is 18.9 Å². The summed E-state index contributed by atoms with van der Waals surface area (Å²) in [6.45, 7) is 0. The van der Waals surface area contributed by atoms with Crippen LogP contribution in [0.5, 0.6) is 0 Å². The summed E-state index contributed by atoms with van der Waals surface area (Å²) in [5.74, 6) is 0. The van der Waals surface area contributed by atoms with Gasteiger partial charge in [-0.15, -0.1) is 0 Å². The van der Waals surface area contributed by atoms with Gasteiger partial charge in [-0.3, -0.25) is 4.98 Å². The van der Waals surface area contributed by atoms with Crippen molar-refractivity contribution in [2.24, 2.45) is 0 Å². The normalized spacial score (nSPS) is 12.4. The number of nitrogens with one attached hydrogen (secondary N) is 1. The number of aromatic nitrogens is 1. The SMILES string of the molecule is CNC(CCc1ccccc1)c1ccc2ncccc2c1. The molecule has 21 heavy (non-hydrogen) atoms. The molecule has 0 aliphatic carbocycles. The van der Waals surface area contributed by atoms with Crippen LogP contribution >= 0.6 is 0 Å². The molecule has 2 aromatic carbocycles. The van der Waals surface area contributed by atoms with Crippen molar-refractivity contribution in [1.82, 2.24) is 10.3 Å². The van der Waals surface area contributed by atoms with E-state index in [9.17, 15) is 0 Å². The van der Waals surface area contributed by atoms with E-state index in [1.54, 1.807) is 0 Å². The molecule has 3 aromatic rings. The molecule has 1 atom stereocenters. The predicted octanol–water partition coefficient (Wildman–Crippen LogP) is 4.13. The van der Waals surface area contributed by atoms with Crippen molar-refractivity contribution in [3.05, 3.63) is 78.0 Å². The molecule has 0 saturated carbocycles. The minimum atomic E-state index is 0.370. The second kappa shape index (κ2) is 6.51. The van der Waals surface area contributed by atoms with Crippen molar-refractivity contribution in [3.63, 3.8) is 0 Å². The number of hydrogen-bond donors (Lipinski definition) is 1. The minimum absolute atomic E-state index is 0.370. The fraction of sp³-hybridized carbons (Fsp3) is 0.211. The Morgan fingerprint density at radius 3 is 2.67 bits per heavy atom. The zero-order chi connectivity index (χ0) is 14.5. The van der Waals surface area contributed by atoms with E-state index in [1.807, 2.05) is 19.3 Å². The van der Waals surface area contributed by atoms with Crippen LogP contribution in [0, 0.1) is 0 Å². The molecule has 0 radical (unpaired) electrons. The summed E-state index contributed by atoms with van der Waals surface area (Å²) < 4.78 is 0. The lowest BCUT2D eigenvalue weighted by Crippen LogP contribution is -2.17. The smallest absolute Gasteiger partial charge is 0.0702 e. The van der Waals surface area contributed by atoms with Crippen LogP contribution in [-0.2, 0) is 6.42 Å². The van der Waals surface area contributed by atoms with E-state index in [4.69, 9.17) is 0 Å². The molecular formula is C19H20N2. The van der Waals surface area contributed by atoms with Gasteiger partial charge in [0.25, 0.3) is 0 Å². The molecule has 0 aliphatic heterocycles. The quantitative estimate of drug-likeness (QED) is 0.758. The largest absolute Gasteiger partial charge is 0.313 e. The summed E-state index contributed by atoms with van der Waals surface area (Å²) in [6, 6.07) is 21.7. The molecule has 1 heterocycles. The first-order valence-electron chi connectivity index (χ1n) is 7.43. The Morgan fingerprint density at radius 1 is 1.00 bits per heavy atom. The molecule has 0 amide bonds. The van der Waals surface area contributed by atoms with Gasteiger partial charge in [0, 0.05) is 17.6 Å². The number of benzene rings is 2. The Morgan fingerprint density at radius 2 is 1.86 bits per heavy atom. The van der Waals surface area contributed by atoms with Crippen LogP contribution < -0.4 is 5.32 Å². The van der Waals surface area contributed by atoms with Crippen molar-refractivity contribution >= 4 is 10.9 Å². The second-order valence-electron chi connectivity index (χ2n) is 5.32. The lowest BCUT2D eigenvalue weighted by Gasteiger charge is -2.17. The first-order chi connectivity index (χ1) is 10.4. The third kappa shape index (κ3) is 3.29. The van der Waals surface area contributed by atoms with Crippen molar-refractivity contribution in [2.75, 3.05) is 7.05 Å². The minimum Gasteiger partial charge on any atom is -0.313 e. The van der Waals surface area contributed by atoms with Crippen LogP contribution in [0.2, 0.25) is 0 Å². The highest BCUT2D eigenvalue weighted by atomic mass is 14.9. The van der Waals surface area contributed by atoms with E-state index >= 15 is 0 Å². The first-order valence-corrected chi connectivity index (χ1v) is 7.43. The number of rotatable bonds is 5. The van der Waals surface area contributed by atoms with Crippen LogP contribution in [0.3, 0.4) is 0 Å². The fourth-order valence-electron chi connectivity index (χ4n) is 2.74. The molecule has 2 heteroatoms. The molecule has 1 unspecified atom stereocenters. The van der Waals surface area contributed by atoms with Crippen LogP contribution in [-0.4, -0.2) is 12.0 Å². The Balaban J connectivity index is 1.78. The average Bonchev–Trinajstić information content (AvgIpc) is 2.56. The van der Waals surface area contributed by atoms with E-state index in [0.717, 1.165) is 18.4 Å². The Bertz CT molecular complexity index is 707. The van der Waals surface area contributed by atoms with Gasteiger partial charge in [0.15, 0.2) is 0 Å². The van der Waals surface area contributed by atoms with E-state index in [1.165, 1.54) is 16.5 Å². The maximum Gasteiger partial charge on any atom is 0.0702 e. The number of fused-ring (bicyclic) bond motifs is 1. The van der Waals surface area contributed by atoms with Gasteiger partial charge in [-0.05, 0) is 49.2 Å². The van der Waals surface area contributed by atoms with E-state index in [0.29, 0.717) is 6.04 Å². The van der Waals surface area contributed by atoms with E-state index in [-0.39, 0.29) is 0 Å². The molecule has 2 nitrogen and oxygen atoms in total. The van der Waals surface area contributed by atoms with Gasteiger partial charge in [-0.2, -0.15) is 0 Å². The van der Waals surface area contributed by atoms with Gasteiger partial charge in [-0.25, -0.2) is 0 Å². The van der Waals surface area contributed by atoms with E-state index in [2.05, 4.69) is 64.9 Å². The summed E-state index contributed by atoms with van der Waals surface area (Å²) in [7, 11) is 2.03. The summed E-state index contributed by atoms with van der Waals surface area (Å²) in [5.41, 5.74) is 3.77. The van der Waals surface area contributed by atoms with Gasteiger partial charge < -0.3 is 5.32 Å². The highest BCUT2D eigenvalue weighted by Crippen LogP contribution is 2.22. The molecule has 0 saturated heterocycles. The van der Waals surface area contributed by atoms with Crippen molar-refractivity contribution < 1.29 is 0 Å². The maximum absolute atomic E-state index is 4.38. The Kier molecular flexibility index (Phi) is 4.27. The monoisotopic (exact) mass is 276 g/mol. The van der Waals surface area contributed by atoms with Crippen LogP contribution in [0.1, 0.15) is 23.6 Å². The summed E-state index contributed by atoms with van der Waals surface area (Å²) in [5, 5.41) is 4.64. The average molecular weight is 276 g/mol. The summed E-state index contributed by atoms with van der Waals surface area (Å²) in [6.07, 6.45) is 4.01. The molecule has 0 spiro atoms. The molecular weight excluding hydrogens is 256 g/mol. The molecule has 0 aliphatic rings. The number of nitrogens with zero attached hydrogens (tertiary/aromatic N) is 1. The topological polar surface area (TPSA) is 24.9 Å². The zero-order valence-electron chi connectivity index (χ0n) is 12.3. The molecule has 0 bridgehead atoms. The maximum atomic E-state index is 4.38. The third-order valence-corrected chi connectivity index (χ3v) is 3.94. The van der Waals surface area contributed by atoms with Crippen LogP contribution in [0.4, 0.5) is 0 Å². The lowest BCUT2D eigenvalue weighted by atomic mass is 9.98. The van der Waals surface area contributed by atoms with Gasteiger partial charge in [0.2, 0.25) is 0 Å². The van der Waals surface area contributed by atoms with Gasteiger partial charge in [0.05, 0.1) is 5.52 Å². The summed E-state index contributed by atoms with van der Waals surface area (Å²) in [4.78, 5) is 4.38. The fourth-order valence-corrected chi connectivity index (χ4v) is 2.74. The predicted molar refractivity (Wildman–Crippen MR) is 88.3 cm³/mol. The van der Waals surface area contributed by atoms with Crippen LogP contribution in [0.25, 0.3) is 10.9 Å². The van der Waals surface area contributed by atoms with Crippen molar-refractivity contribution in [1.29, 1.82) is 0 Å². The van der Waals surface area contributed by atoms with E-state index < -0.39 is 0 Å². The highest BCUT2D eigenvalue weighted by molar-refractivity contribution is 5.79. The standard InChI is InChI=1S/C19H20N2/c1-20-18(11-9-15-6-3-2-4-7-15)17-10-12-19-16(14-17)8-5-13-21-19/h2-8,10,12-14,18,20H,9,11H2,1H3. The molecule has 106 valence electrons. The third-order valence-electron chi connectivity index (χ3n) is 3.94. The van der Waals surface area contributed by atoms with Gasteiger partial charge in [-0.1, -0.05) is 42.5 Å². The van der Waals surface area contributed by atoms with Crippen molar-refractivity contribution in [3.8, 4) is 0 Å². The summed E-state index contributed by atoms with van der Waals surface area (Å²) >= 11 is 0. The first kappa shape index (κ1) is 13.8. The number of hydrogen-bond acceptors (Lipinski definition) is 2. The zero-order valence-corrected chi connectivity index (χ0v) is 12.3.